The molecule has 0 radical (unpaired) electrons. The molecule has 10 nitrogen and oxygen atoms in total. The molecule has 38 heavy (non-hydrogen) atoms. The summed E-state index contributed by atoms with van der Waals surface area (Å²) in [7, 11) is 1.26. The smallest absolute Gasteiger partial charge is 0.408 e. The predicted octanol–water partition coefficient (Wildman–Crippen LogP) is 3.55. The molecule has 2 N–H and O–H groups in total. The Hall–Kier alpha value is -4.21. The van der Waals surface area contributed by atoms with E-state index in [1.807, 2.05) is 60.7 Å². The van der Waals surface area contributed by atoms with Crippen molar-refractivity contribution in [1.82, 2.24) is 25.4 Å². The van der Waals surface area contributed by atoms with Crippen molar-refractivity contribution in [2.45, 2.75) is 64.3 Å². The number of amides is 2. The Morgan fingerprint density at radius 1 is 0.921 bits per heavy atom. The monoisotopic (exact) mass is 521 g/mol. The molecule has 1 aromatic heterocycles. The fourth-order valence-corrected chi connectivity index (χ4v) is 3.95. The normalized spacial score (nSPS) is 13.6. The van der Waals surface area contributed by atoms with Crippen LogP contribution >= 0.6 is 0 Å². The summed E-state index contributed by atoms with van der Waals surface area (Å²) in [6.45, 7) is 6.90. The molecule has 3 aromatic rings. The van der Waals surface area contributed by atoms with E-state index in [9.17, 15) is 14.4 Å². The van der Waals surface area contributed by atoms with E-state index < -0.39 is 41.7 Å². The number of hydrogen-bond donors (Lipinski definition) is 2. The van der Waals surface area contributed by atoms with Crippen molar-refractivity contribution in [2.75, 3.05) is 7.11 Å². The van der Waals surface area contributed by atoms with Gasteiger partial charge in [-0.05, 0) is 38.8 Å². The van der Waals surface area contributed by atoms with E-state index in [1.165, 1.54) is 13.4 Å². The number of methoxy groups -OCH3 is 1. The lowest BCUT2D eigenvalue weighted by Crippen LogP contribution is -2.44. The van der Waals surface area contributed by atoms with Gasteiger partial charge in [0.15, 0.2) is 5.82 Å². The third-order valence-electron chi connectivity index (χ3n) is 5.71. The molecule has 2 amide bonds. The van der Waals surface area contributed by atoms with E-state index in [1.54, 1.807) is 32.3 Å². The molecule has 1 heterocycles. The second-order valence-electron chi connectivity index (χ2n) is 9.94. The van der Waals surface area contributed by atoms with Crippen LogP contribution in [0.1, 0.15) is 56.7 Å². The highest BCUT2D eigenvalue weighted by Gasteiger charge is 2.31. The number of nitrogens with one attached hydrogen (secondary N) is 2. The van der Waals surface area contributed by atoms with Crippen LogP contribution < -0.4 is 10.6 Å². The van der Waals surface area contributed by atoms with Gasteiger partial charge in [-0.25, -0.2) is 9.59 Å². The lowest BCUT2D eigenvalue weighted by atomic mass is 10.0. The third-order valence-corrected chi connectivity index (χ3v) is 5.71. The van der Waals surface area contributed by atoms with Gasteiger partial charge in [-0.2, -0.15) is 0 Å². The van der Waals surface area contributed by atoms with Crippen molar-refractivity contribution in [1.29, 1.82) is 0 Å². The minimum absolute atomic E-state index is 0.302. The molecule has 0 aliphatic carbocycles. The van der Waals surface area contributed by atoms with E-state index in [4.69, 9.17) is 9.47 Å². The molecular formula is C28H35N5O5. The molecule has 0 fully saturated rings. The van der Waals surface area contributed by atoms with Gasteiger partial charge in [0.2, 0.25) is 5.91 Å². The lowest BCUT2D eigenvalue weighted by Gasteiger charge is -2.26. The molecule has 10 heteroatoms. The van der Waals surface area contributed by atoms with Crippen LogP contribution in [-0.4, -0.2) is 51.5 Å². The molecule has 3 rings (SSSR count). The van der Waals surface area contributed by atoms with E-state index in [2.05, 4.69) is 20.8 Å². The van der Waals surface area contributed by atoms with E-state index in [-0.39, 0.29) is 0 Å². The first-order chi connectivity index (χ1) is 18.1. The first kappa shape index (κ1) is 28.4. The first-order valence-electron chi connectivity index (χ1n) is 12.4. The van der Waals surface area contributed by atoms with Gasteiger partial charge < -0.3 is 24.7 Å². The van der Waals surface area contributed by atoms with Crippen LogP contribution in [-0.2, 0) is 31.9 Å². The van der Waals surface area contributed by atoms with Gasteiger partial charge in [-0.3, -0.25) is 4.79 Å². The largest absolute Gasteiger partial charge is 0.467 e. The fourth-order valence-electron chi connectivity index (χ4n) is 3.95. The van der Waals surface area contributed by atoms with Crippen LogP contribution in [0.15, 0.2) is 67.0 Å². The number of esters is 1. The summed E-state index contributed by atoms with van der Waals surface area (Å²) in [4.78, 5) is 38.3. The Labute approximate surface area is 222 Å². The number of hydrogen-bond acceptors (Lipinski definition) is 7. The summed E-state index contributed by atoms with van der Waals surface area (Å²) in [5, 5.41) is 14.0. The molecule has 0 unspecified atom stereocenters. The maximum absolute atomic E-state index is 13.5. The van der Waals surface area contributed by atoms with Crippen molar-refractivity contribution < 1.29 is 23.9 Å². The summed E-state index contributed by atoms with van der Waals surface area (Å²) in [6.07, 6.45) is 1.53. The van der Waals surface area contributed by atoms with Crippen molar-refractivity contribution in [2.24, 2.45) is 0 Å². The fraction of sp³-hybridized carbons (Fsp3) is 0.393. The Kier molecular flexibility index (Phi) is 9.59. The number of carbonyl (C=O) groups excluding carboxylic acids is 3. The third kappa shape index (κ3) is 8.16. The molecule has 0 saturated heterocycles. The van der Waals surface area contributed by atoms with Crippen LogP contribution in [0.4, 0.5) is 4.79 Å². The number of ether oxygens (including phenoxy) is 2. The average molecular weight is 522 g/mol. The predicted molar refractivity (Wildman–Crippen MR) is 141 cm³/mol. The Balaban J connectivity index is 1.99. The maximum Gasteiger partial charge on any atom is 0.408 e. The van der Waals surface area contributed by atoms with Crippen LogP contribution in [0.2, 0.25) is 0 Å². The van der Waals surface area contributed by atoms with Crippen LogP contribution in [0.5, 0.6) is 0 Å². The van der Waals surface area contributed by atoms with Gasteiger partial charge >= 0.3 is 12.1 Å². The molecule has 0 aliphatic rings. The van der Waals surface area contributed by atoms with E-state index >= 15 is 0 Å². The summed E-state index contributed by atoms with van der Waals surface area (Å²) in [6, 6.07) is 16.8. The van der Waals surface area contributed by atoms with Crippen molar-refractivity contribution in [3.05, 3.63) is 83.9 Å². The second kappa shape index (κ2) is 12.8. The number of alkyl carbamates (subject to hydrolysis) is 1. The zero-order valence-electron chi connectivity index (χ0n) is 22.4. The maximum atomic E-state index is 13.5. The Morgan fingerprint density at radius 2 is 1.50 bits per heavy atom. The van der Waals surface area contributed by atoms with Gasteiger partial charge in [0.1, 0.15) is 24.0 Å². The van der Waals surface area contributed by atoms with E-state index in [0.717, 1.165) is 11.1 Å². The van der Waals surface area contributed by atoms with E-state index in [0.29, 0.717) is 18.7 Å². The van der Waals surface area contributed by atoms with Gasteiger partial charge in [-0.1, -0.05) is 60.7 Å². The van der Waals surface area contributed by atoms with Gasteiger partial charge in [0.25, 0.3) is 0 Å². The average Bonchev–Trinajstić information content (AvgIpc) is 3.36. The number of benzene rings is 2. The molecule has 3 atom stereocenters. The number of aromatic nitrogens is 3. The number of carbonyl (C=O) groups is 3. The van der Waals surface area contributed by atoms with Gasteiger partial charge in [0, 0.05) is 12.8 Å². The zero-order valence-corrected chi connectivity index (χ0v) is 22.4. The summed E-state index contributed by atoms with van der Waals surface area (Å²) < 4.78 is 11.9. The lowest BCUT2D eigenvalue weighted by molar-refractivity contribution is -0.144. The number of rotatable bonds is 10. The molecule has 202 valence electrons. The highest BCUT2D eigenvalue weighted by Crippen LogP contribution is 2.24. The molecule has 0 spiro atoms. The van der Waals surface area contributed by atoms with Gasteiger partial charge in [-0.15, -0.1) is 10.2 Å². The highest BCUT2D eigenvalue weighted by molar-refractivity contribution is 5.86. The van der Waals surface area contributed by atoms with Crippen LogP contribution in [0.25, 0.3) is 0 Å². The Morgan fingerprint density at radius 3 is 2.05 bits per heavy atom. The number of nitrogens with zero attached hydrogens (tertiary/aromatic N) is 3. The molecular weight excluding hydrogens is 486 g/mol. The van der Waals surface area contributed by atoms with Crippen molar-refractivity contribution >= 4 is 18.0 Å². The van der Waals surface area contributed by atoms with Gasteiger partial charge in [0.05, 0.1) is 13.2 Å². The topological polar surface area (TPSA) is 124 Å². The second-order valence-corrected chi connectivity index (χ2v) is 9.94. The van der Waals surface area contributed by atoms with Crippen LogP contribution in [0.3, 0.4) is 0 Å². The van der Waals surface area contributed by atoms with Crippen molar-refractivity contribution in [3.63, 3.8) is 0 Å². The molecule has 2 aromatic carbocycles. The summed E-state index contributed by atoms with van der Waals surface area (Å²) in [5.74, 6) is -0.598. The standard InChI is InChI=1S/C28H35N5O5/c1-19(26(35)37-5)30-25(34)23(17-21-14-10-7-11-15-21)33-18-29-32-24(33)22(16-20-12-8-6-9-13-20)31-27(36)38-28(2,3)4/h6-15,18-19,22-23H,16-17H2,1-5H3,(H,30,34)(H,31,36)/t19-,22-,23-/m0/s1. The molecule has 0 bridgehead atoms. The summed E-state index contributed by atoms with van der Waals surface area (Å²) in [5.41, 5.74) is 1.15. The minimum Gasteiger partial charge on any atom is -0.467 e. The first-order valence-corrected chi connectivity index (χ1v) is 12.4. The SMILES string of the molecule is COC(=O)[C@H](C)NC(=O)[C@H](Cc1ccccc1)n1cnnc1[C@H](Cc1ccccc1)NC(=O)OC(C)(C)C. The zero-order chi connectivity index (χ0) is 27.7. The minimum atomic E-state index is -0.856. The van der Waals surface area contributed by atoms with Crippen LogP contribution in [0, 0.1) is 0 Å². The Bertz CT molecular complexity index is 1210. The van der Waals surface area contributed by atoms with Crippen molar-refractivity contribution in [3.8, 4) is 0 Å². The molecule has 0 saturated carbocycles. The highest BCUT2D eigenvalue weighted by atomic mass is 16.6. The quantitative estimate of drug-likeness (QED) is 0.391. The molecule has 0 aliphatic heterocycles. The summed E-state index contributed by atoms with van der Waals surface area (Å²) >= 11 is 0.